The highest BCUT2D eigenvalue weighted by molar-refractivity contribution is 5.93. The molecule has 1 heterocycles. The number of aliphatic hydroxyl groups excluding tert-OH is 1. The standard InChI is InChI=1S/C15H25NO3/c1-15(11-17,13-7-3-2-4-8-13)16-14(18)12-6-5-9-19-10-12/h10,13,17H,2-9,11H2,1H3,(H,16,18)/t15-/m0/s1. The van der Waals surface area contributed by atoms with Crippen LogP contribution >= 0.6 is 0 Å². The molecule has 0 unspecified atom stereocenters. The maximum atomic E-state index is 12.2. The van der Waals surface area contributed by atoms with Crippen LogP contribution in [0.3, 0.4) is 0 Å². The molecule has 4 nitrogen and oxygen atoms in total. The molecule has 1 saturated carbocycles. The van der Waals surface area contributed by atoms with Crippen LogP contribution in [0.4, 0.5) is 0 Å². The summed E-state index contributed by atoms with van der Waals surface area (Å²) in [4.78, 5) is 12.2. The molecule has 108 valence electrons. The molecule has 0 aromatic carbocycles. The van der Waals surface area contributed by atoms with Crippen molar-refractivity contribution in [2.75, 3.05) is 13.2 Å². The van der Waals surface area contributed by atoms with Gasteiger partial charge in [0.25, 0.3) is 5.91 Å². The first-order chi connectivity index (χ1) is 9.15. The van der Waals surface area contributed by atoms with E-state index in [0.29, 0.717) is 18.1 Å². The molecule has 1 fully saturated rings. The Bertz CT molecular complexity index is 347. The molecule has 0 radical (unpaired) electrons. The fraction of sp³-hybridized carbons (Fsp3) is 0.800. The van der Waals surface area contributed by atoms with Crippen molar-refractivity contribution in [2.24, 2.45) is 5.92 Å². The summed E-state index contributed by atoms with van der Waals surface area (Å²) < 4.78 is 5.21. The lowest BCUT2D eigenvalue weighted by molar-refractivity contribution is -0.121. The van der Waals surface area contributed by atoms with Crippen molar-refractivity contribution >= 4 is 5.91 Å². The Balaban J connectivity index is 2.00. The quantitative estimate of drug-likeness (QED) is 0.820. The highest BCUT2D eigenvalue weighted by atomic mass is 16.5. The molecule has 2 rings (SSSR count). The van der Waals surface area contributed by atoms with E-state index in [1.807, 2.05) is 6.92 Å². The molecule has 0 aromatic rings. The maximum Gasteiger partial charge on any atom is 0.250 e. The molecule has 1 aliphatic carbocycles. The van der Waals surface area contributed by atoms with Gasteiger partial charge in [0.05, 0.1) is 30.6 Å². The third-order valence-corrected chi connectivity index (χ3v) is 4.46. The summed E-state index contributed by atoms with van der Waals surface area (Å²) in [5.41, 5.74) is 0.192. The summed E-state index contributed by atoms with van der Waals surface area (Å²) in [5, 5.41) is 12.8. The van der Waals surface area contributed by atoms with Crippen LogP contribution in [0, 0.1) is 5.92 Å². The second kappa shape index (κ2) is 6.42. The average Bonchev–Trinajstić information content (AvgIpc) is 2.49. The van der Waals surface area contributed by atoms with E-state index in [9.17, 15) is 9.90 Å². The maximum absolute atomic E-state index is 12.2. The smallest absolute Gasteiger partial charge is 0.250 e. The first-order valence-electron chi connectivity index (χ1n) is 7.40. The molecule has 0 spiro atoms. The summed E-state index contributed by atoms with van der Waals surface area (Å²) in [6, 6.07) is 0. The van der Waals surface area contributed by atoms with E-state index in [-0.39, 0.29) is 12.5 Å². The number of amides is 1. The first-order valence-corrected chi connectivity index (χ1v) is 7.40. The molecule has 0 aromatic heterocycles. The Labute approximate surface area is 115 Å². The van der Waals surface area contributed by atoms with Crippen LogP contribution in [-0.4, -0.2) is 29.8 Å². The minimum absolute atomic E-state index is 0.00244. The number of ether oxygens (including phenoxy) is 1. The van der Waals surface area contributed by atoms with Crippen LogP contribution in [-0.2, 0) is 9.53 Å². The lowest BCUT2D eigenvalue weighted by Crippen LogP contribution is -2.55. The zero-order valence-corrected chi connectivity index (χ0v) is 11.8. The van der Waals surface area contributed by atoms with Crippen molar-refractivity contribution < 1.29 is 14.6 Å². The number of aliphatic hydroxyl groups is 1. The summed E-state index contributed by atoms with van der Waals surface area (Å²) in [6.45, 7) is 2.65. The molecule has 2 N–H and O–H groups in total. The number of hydrogen-bond donors (Lipinski definition) is 2. The molecule has 0 bridgehead atoms. The second-order valence-electron chi connectivity index (χ2n) is 5.98. The lowest BCUT2D eigenvalue weighted by Gasteiger charge is -2.39. The Kier molecular flexibility index (Phi) is 4.86. The van der Waals surface area contributed by atoms with Crippen LogP contribution in [0.2, 0.25) is 0 Å². The number of nitrogens with one attached hydrogen (secondary N) is 1. The van der Waals surface area contributed by atoms with Crippen molar-refractivity contribution in [3.63, 3.8) is 0 Å². The predicted molar refractivity (Wildman–Crippen MR) is 73.5 cm³/mol. The van der Waals surface area contributed by atoms with E-state index in [1.54, 1.807) is 6.26 Å². The fourth-order valence-electron chi connectivity index (χ4n) is 3.08. The van der Waals surface area contributed by atoms with Gasteiger partial charge in [0, 0.05) is 0 Å². The average molecular weight is 267 g/mol. The SMILES string of the molecule is C[C@@](CO)(NC(=O)C1=COCCC1)C1CCCCC1. The van der Waals surface area contributed by atoms with Crippen LogP contribution < -0.4 is 5.32 Å². The van der Waals surface area contributed by atoms with Gasteiger partial charge in [-0.15, -0.1) is 0 Å². The third-order valence-electron chi connectivity index (χ3n) is 4.46. The molecule has 1 aliphatic heterocycles. The normalized spacial score (nSPS) is 24.0. The first kappa shape index (κ1) is 14.4. The molecular weight excluding hydrogens is 242 g/mol. The Morgan fingerprint density at radius 3 is 2.74 bits per heavy atom. The number of carbonyl (C=O) groups excluding carboxylic acids is 1. The number of hydrogen-bond acceptors (Lipinski definition) is 3. The van der Waals surface area contributed by atoms with E-state index in [0.717, 1.165) is 25.7 Å². The minimum atomic E-state index is -0.504. The zero-order valence-electron chi connectivity index (χ0n) is 11.8. The minimum Gasteiger partial charge on any atom is -0.501 e. The van der Waals surface area contributed by atoms with Crippen LogP contribution in [0.25, 0.3) is 0 Å². The van der Waals surface area contributed by atoms with Gasteiger partial charge in [-0.2, -0.15) is 0 Å². The fourth-order valence-corrected chi connectivity index (χ4v) is 3.08. The molecule has 19 heavy (non-hydrogen) atoms. The third kappa shape index (κ3) is 3.50. The van der Waals surface area contributed by atoms with Gasteiger partial charge in [0.15, 0.2) is 0 Å². The van der Waals surface area contributed by atoms with Gasteiger partial charge in [0.1, 0.15) is 0 Å². The van der Waals surface area contributed by atoms with Crippen LogP contribution in [0.5, 0.6) is 0 Å². The van der Waals surface area contributed by atoms with Gasteiger partial charge < -0.3 is 15.2 Å². The van der Waals surface area contributed by atoms with Crippen molar-refractivity contribution in [3.05, 3.63) is 11.8 Å². The van der Waals surface area contributed by atoms with E-state index in [1.165, 1.54) is 19.3 Å². The van der Waals surface area contributed by atoms with Gasteiger partial charge in [-0.25, -0.2) is 0 Å². The molecule has 1 atom stereocenters. The van der Waals surface area contributed by atoms with Crippen molar-refractivity contribution in [1.82, 2.24) is 5.32 Å². The van der Waals surface area contributed by atoms with E-state index < -0.39 is 5.54 Å². The van der Waals surface area contributed by atoms with Gasteiger partial charge in [-0.1, -0.05) is 19.3 Å². The van der Waals surface area contributed by atoms with Crippen molar-refractivity contribution in [1.29, 1.82) is 0 Å². The number of rotatable bonds is 4. The summed E-state index contributed by atoms with van der Waals surface area (Å²) in [6.07, 6.45) is 9.06. The molecule has 4 heteroatoms. The van der Waals surface area contributed by atoms with Crippen molar-refractivity contribution in [3.8, 4) is 0 Å². The van der Waals surface area contributed by atoms with Crippen LogP contribution in [0.1, 0.15) is 51.9 Å². The molecule has 0 saturated heterocycles. The molecule has 2 aliphatic rings. The molecule has 1 amide bonds. The highest BCUT2D eigenvalue weighted by Crippen LogP contribution is 2.32. The summed E-state index contributed by atoms with van der Waals surface area (Å²) in [7, 11) is 0. The number of carbonyl (C=O) groups is 1. The van der Waals surface area contributed by atoms with Crippen molar-refractivity contribution in [2.45, 2.75) is 57.4 Å². The Hall–Kier alpha value is -1.03. The summed E-state index contributed by atoms with van der Waals surface area (Å²) >= 11 is 0. The predicted octanol–water partition coefficient (Wildman–Crippen LogP) is 2.13. The van der Waals surface area contributed by atoms with Crippen LogP contribution in [0.15, 0.2) is 11.8 Å². The Morgan fingerprint density at radius 1 is 1.42 bits per heavy atom. The van der Waals surface area contributed by atoms with Gasteiger partial charge in [-0.3, -0.25) is 4.79 Å². The summed E-state index contributed by atoms with van der Waals surface area (Å²) in [5.74, 6) is 0.294. The Morgan fingerprint density at radius 2 is 2.16 bits per heavy atom. The van der Waals surface area contributed by atoms with Gasteiger partial charge in [0.2, 0.25) is 0 Å². The van der Waals surface area contributed by atoms with E-state index >= 15 is 0 Å². The van der Waals surface area contributed by atoms with Gasteiger partial charge in [-0.05, 0) is 38.5 Å². The monoisotopic (exact) mass is 267 g/mol. The topological polar surface area (TPSA) is 58.6 Å². The second-order valence-corrected chi connectivity index (χ2v) is 5.98. The van der Waals surface area contributed by atoms with E-state index in [2.05, 4.69) is 5.32 Å². The molecular formula is C15H25NO3. The zero-order chi connectivity index (χ0) is 13.7. The highest BCUT2D eigenvalue weighted by Gasteiger charge is 2.36. The van der Waals surface area contributed by atoms with E-state index in [4.69, 9.17) is 4.74 Å². The largest absolute Gasteiger partial charge is 0.501 e. The van der Waals surface area contributed by atoms with Gasteiger partial charge >= 0.3 is 0 Å². The lowest BCUT2D eigenvalue weighted by atomic mass is 9.76.